The molecule has 9 aromatic rings. The molecule has 0 saturated carbocycles. The molecule has 0 heteroatoms. The van der Waals surface area contributed by atoms with Gasteiger partial charge in [-0.2, -0.15) is 0 Å². The molecule has 280 valence electrons. The van der Waals surface area contributed by atoms with E-state index in [4.69, 9.17) is 0 Å². The third-order valence-corrected chi connectivity index (χ3v) is 12.4. The topological polar surface area (TPSA) is 0 Å². The summed E-state index contributed by atoms with van der Waals surface area (Å²) in [4.78, 5) is 0. The van der Waals surface area contributed by atoms with Gasteiger partial charge in [0, 0.05) is 0 Å². The molecule has 1 aliphatic carbocycles. The zero-order valence-electron chi connectivity index (χ0n) is 34.3. The summed E-state index contributed by atoms with van der Waals surface area (Å²) in [5, 5.41) is 5.17. The van der Waals surface area contributed by atoms with Gasteiger partial charge < -0.3 is 0 Å². The minimum absolute atomic E-state index is 0.0680. The highest BCUT2D eigenvalue weighted by atomic mass is 14.3. The Morgan fingerprint density at radius 2 is 0.621 bits per heavy atom. The Balaban J connectivity index is 1.32. The zero-order valence-corrected chi connectivity index (χ0v) is 34.3. The smallest absolute Gasteiger partial charge is 0.000741 e. The van der Waals surface area contributed by atoms with Crippen LogP contribution in [0, 0.1) is 0 Å². The van der Waals surface area contributed by atoms with Crippen molar-refractivity contribution in [3.05, 3.63) is 193 Å². The van der Waals surface area contributed by atoms with Crippen molar-refractivity contribution >= 4 is 21.5 Å². The average Bonchev–Trinajstić information content (AvgIpc) is 3.57. The van der Waals surface area contributed by atoms with Crippen molar-refractivity contribution in [2.24, 2.45) is 0 Å². The standard InChI is InChI=1S/C58H48/c1-57(2,3)41-31-27-39(28-32-41)51-45-21-13-14-22-46(45)52(40-29-33-42(34-30-40)58(4,5)6)56-50-36-35-48(47-25-16-26-49(54(47)50)55(51)56)53-43(37-17-9-7-10-18-37)23-15-24-44(53)38-19-11-8-12-20-38/h7-36H,1-6H3. The second-order valence-corrected chi connectivity index (χ2v) is 18.0. The maximum Gasteiger partial charge on any atom is -0.000741 e. The highest BCUT2D eigenvalue weighted by Crippen LogP contribution is 2.59. The molecule has 0 heterocycles. The SMILES string of the molecule is CC(C)(C)c1ccc(-c2c3c(c(-c4ccc(C(C)(C)C)cc4)c4ccccc24)-c2ccc(-c4c(-c5ccccc5)cccc4-c4ccccc4)c4cccc-3c24)cc1. The summed E-state index contributed by atoms with van der Waals surface area (Å²) in [7, 11) is 0. The maximum absolute atomic E-state index is 2.43. The molecule has 0 radical (unpaired) electrons. The van der Waals surface area contributed by atoms with Crippen LogP contribution in [0.3, 0.4) is 0 Å². The quantitative estimate of drug-likeness (QED) is 0.165. The lowest BCUT2D eigenvalue weighted by atomic mass is 9.80. The molecule has 10 rings (SSSR count). The van der Waals surface area contributed by atoms with E-state index in [2.05, 4.69) is 224 Å². The molecule has 0 spiro atoms. The van der Waals surface area contributed by atoms with Crippen LogP contribution < -0.4 is 0 Å². The van der Waals surface area contributed by atoms with Crippen LogP contribution in [-0.2, 0) is 10.8 Å². The molecule has 1 aliphatic rings. The third kappa shape index (κ3) is 5.82. The third-order valence-electron chi connectivity index (χ3n) is 12.4. The Morgan fingerprint density at radius 3 is 1.09 bits per heavy atom. The van der Waals surface area contributed by atoms with Gasteiger partial charge in [-0.3, -0.25) is 0 Å². The predicted molar refractivity (Wildman–Crippen MR) is 250 cm³/mol. The van der Waals surface area contributed by atoms with Gasteiger partial charge in [-0.1, -0.05) is 224 Å². The van der Waals surface area contributed by atoms with Crippen molar-refractivity contribution in [2.45, 2.75) is 52.4 Å². The van der Waals surface area contributed by atoms with E-state index in [1.54, 1.807) is 0 Å². The van der Waals surface area contributed by atoms with Crippen LogP contribution in [0.1, 0.15) is 52.7 Å². The average molecular weight is 745 g/mol. The number of hydrogen-bond acceptors (Lipinski definition) is 0. The number of rotatable bonds is 5. The molecule has 0 unspecified atom stereocenters. The van der Waals surface area contributed by atoms with Crippen LogP contribution in [0.15, 0.2) is 182 Å². The van der Waals surface area contributed by atoms with Gasteiger partial charge in [0.2, 0.25) is 0 Å². The van der Waals surface area contributed by atoms with E-state index < -0.39 is 0 Å². The lowest BCUT2D eigenvalue weighted by molar-refractivity contribution is 0.590. The molecule has 0 bridgehead atoms. The summed E-state index contributed by atoms with van der Waals surface area (Å²) in [5.41, 5.74) is 20.6. The Bertz CT molecular complexity index is 2840. The lowest BCUT2D eigenvalue weighted by Gasteiger charge is -2.23. The van der Waals surface area contributed by atoms with Crippen molar-refractivity contribution in [3.63, 3.8) is 0 Å². The normalized spacial score (nSPS) is 12.3. The molecule has 0 amide bonds. The lowest BCUT2D eigenvalue weighted by Crippen LogP contribution is -2.10. The van der Waals surface area contributed by atoms with E-state index in [9.17, 15) is 0 Å². The highest BCUT2D eigenvalue weighted by molar-refractivity contribution is 6.29. The van der Waals surface area contributed by atoms with E-state index >= 15 is 0 Å². The Morgan fingerprint density at radius 1 is 0.241 bits per heavy atom. The van der Waals surface area contributed by atoms with E-state index in [1.165, 1.54) is 111 Å². The summed E-state index contributed by atoms with van der Waals surface area (Å²) in [6, 6.07) is 68.3. The van der Waals surface area contributed by atoms with Gasteiger partial charge in [-0.25, -0.2) is 0 Å². The zero-order chi connectivity index (χ0) is 39.8. The summed E-state index contributed by atoms with van der Waals surface area (Å²) in [6.07, 6.45) is 0. The fourth-order valence-corrected chi connectivity index (χ4v) is 9.45. The van der Waals surface area contributed by atoms with Gasteiger partial charge in [0.1, 0.15) is 0 Å². The number of benzene rings is 9. The van der Waals surface area contributed by atoms with Crippen LogP contribution in [0.25, 0.3) is 99.4 Å². The van der Waals surface area contributed by atoms with E-state index in [0.717, 1.165) is 0 Å². The van der Waals surface area contributed by atoms with E-state index in [1.807, 2.05) is 0 Å². The van der Waals surface area contributed by atoms with Gasteiger partial charge in [0.15, 0.2) is 0 Å². The van der Waals surface area contributed by atoms with Crippen LogP contribution in [0.4, 0.5) is 0 Å². The Kier molecular flexibility index (Phi) is 8.39. The van der Waals surface area contributed by atoms with Gasteiger partial charge in [0.25, 0.3) is 0 Å². The van der Waals surface area contributed by atoms with Crippen molar-refractivity contribution in [3.8, 4) is 77.9 Å². The van der Waals surface area contributed by atoms with Crippen LogP contribution in [-0.4, -0.2) is 0 Å². The summed E-state index contributed by atoms with van der Waals surface area (Å²) >= 11 is 0. The predicted octanol–water partition coefficient (Wildman–Crippen LogP) is 16.6. The van der Waals surface area contributed by atoms with Crippen molar-refractivity contribution in [2.75, 3.05) is 0 Å². The minimum atomic E-state index is 0.0680. The number of hydrogen-bond donors (Lipinski definition) is 0. The molecule has 0 saturated heterocycles. The monoisotopic (exact) mass is 744 g/mol. The van der Waals surface area contributed by atoms with Gasteiger partial charge in [-0.05, 0) is 121 Å². The van der Waals surface area contributed by atoms with Crippen molar-refractivity contribution < 1.29 is 0 Å². The van der Waals surface area contributed by atoms with Crippen LogP contribution in [0.2, 0.25) is 0 Å². The van der Waals surface area contributed by atoms with Crippen molar-refractivity contribution in [1.82, 2.24) is 0 Å². The second-order valence-electron chi connectivity index (χ2n) is 18.0. The first-order valence-electron chi connectivity index (χ1n) is 20.7. The number of fused-ring (bicyclic) bond motifs is 4. The molecule has 0 aromatic heterocycles. The molecule has 0 atom stereocenters. The maximum atomic E-state index is 2.43. The first kappa shape index (κ1) is 35.9. The van der Waals surface area contributed by atoms with Crippen molar-refractivity contribution in [1.29, 1.82) is 0 Å². The molecule has 0 fully saturated rings. The van der Waals surface area contributed by atoms with E-state index in [0.29, 0.717) is 0 Å². The van der Waals surface area contributed by atoms with Crippen LogP contribution in [0.5, 0.6) is 0 Å². The molecule has 9 aromatic carbocycles. The first-order chi connectivity index (χ1) is 28.1. The Labute approximate surface area is 343 Å². The molecular formula is C58H48. The fraction of sp³-hybridized carbons (Fsp3) is 0.138. The molecule has 0 aliphatic heterocycles. The molecule has 0 nitrogen and oxygen atoms in total. The summed E-state index contributed by atoms with van der Waals surface area (Å²) in [6.45, 7) is 13.8. The molecule has 0 N–H and O–H groups in total. The summed E-state index contributed by atoms with van der Waals surface area (Å²) < 4.78 is 0. The minimum Gasteiger partial charge on any atom is -0.0622 e. The Hall–Kier alpha value is -6.50. The first-order valence-corrected chi connectivity index (χ1v) is 20.7. The van der Waals surface area contributed by atoms with E-state index in [-0.39, 0.29) is 10.8 Å². The van der Waals surface area contributed by atoms with Gasteiger partial charge >= 0.3 is 0 Å². The molecule has 58 heavy (non-hydrogen) atoms. The second kappa shape index (κ2) is 13.6. The van der Waals surface area contributed by atoms with Gasteiger partial charge in [-0.15, -0.1) is 0 Å². The molecular weight excluding hydrogens is 697 g/mol. The highest BCUT2D eigenvalue weighted by Gasteiger charge is 2.32. The van der Waals surface area contributed by atoms with Gasteiger partial charge in [0.05, 0.1) is 0 Å². The summed E-state index contributed by atoms with van der Waals surface area (Å²) in [5.74, 6) is 0. The fourth-order valence-electron chi connectivity index (χ4n) is 9.45. The van der Waals surface area contributed by atoms with Crippen LogP contribution >= 0.6 is 0 Å². The largest absolute Gasteiger partial charge is 0.0622 e.